The Morgan fingerprint density at radius 2 is 1.42 bits per heavy atom. The molecule has 1 aliphatic carbocycles. The van der Waals surface area contributed by atoms with Gasteiger partial charge in [0.05, 0.1) is 0 Å². The van der Waals surface area contributed by atoms with E-state index in [4.69, 9.17) is 4.99 Å². The van der Waals surface area contributed by atoms with Crippen LogP contribution in [0.4, 0.5) is 0 Å². The molecule has 26 heavy (non-hydrogen) atoms. The topological polar surface area (TPSA) is 15.6 Å². The molecule has 1 aromatic rings. The Labute approximate surface area is 170 Å². The molecule has 0 atom stereocenters. The highest BCUT2D eigenvalue weighted by Gasteiger charge is 2.26. The molecule has 0 N–H and O–H groups in total. The minimum absolute atomic E-state index is 0. The number of rotatable bonds is 3. The number of hydrogen-bond acceptors (Lipinski definition) is 3. The van der Waals surface area contributed by atoms with Gasteiger partial charge in [-0.2, -0.15) is 0 Å². The van der Waals surface area contributed by atoms with Crippen molar-refractivity contribution in [3.8, 4) is 0 Å². The summed E-state index contributed by atoms with van der Waals surface area (Å²) < 4.78 is 0. The SMILES string of the molecule is Cc1c(C)c(C)c(CSC2=NCCCN2C2CCCCC2)c(C)c1C.[Cl-]. The van der Waals surface area contributed by atoms with Crippen LogP contribution in [0.1, 0.15) is 71.9 Å². The first-order valence-electron chi connectivity index (χ1n) is 10.0. The second-order valence-corrected chi connectivity index (χ2v) is 8.84. The predicted molar refractivity (Wildman–Crippen MR) is 112 cm³/mol. The molecule has 1 aliphatic heterocycles. The number of hydrogen-bond donors (Lipinski definition) is 0. The molecule has 0 spiro atoms. The molecule has 2 nitrogen and oxygen atoms in total. The minimum Gasteiger partial charge on any atom is -1.00 e. The van der Waals surface area contributed by atoms with Crippen LogP contribution >= 0.6 is 11.8 Å². The van der Waals surface area contributed by atoms with Crippen LogP contribution in [0.5, 0.6) is 0 Å². The van der Waals surface area contributed by atoms with Gasteiger partial charge in [-0.05, 0) is 87.3 Å². The molecular formula is C22H34ClN2S-. The highest BCUT2D eigenvalue weighted by molar-refractivity contribution is 8.13. The zero-order chi connectivity index (χ0) is 18.0. The van der Waals surface area contributed by atoms with Gasteiger partial charge in [0.1, 0.15) is 0 Å². The van der Waals surface area contributed by atoms with E-state index in [-0.39, 0.29) is 12.4 Å². The van der Waals surface area contributed by atoms with E-state index in [1.807, 2.05) is 11.8 Å². The van der Waals surface area contributed by atoms with Crippen LogP contribution in [0.2, 0.25) is 0 Å². The Morgan fingerprint density at radius 3 is 2.04 bits per heavy atom. The Hall–Kier alpha value is -0.670. The first kappa shape index (κ1) is 21.6. The lowest BCUT2D eigenvalue weighted by Gasteiger charge is -2.38. The number of halogens is 1. The summed E-state index contributed by atoms with van der Waals surface area (Å²) in [6.45, 7) is 13.6. The van der Waals surface area contributed by atoms with E-state index >= 15 is 0 Å². The third-order valence-electron chi connectivity index (χ3n) is 6.57. The molecule has 1 saturated carbocycles. The highest BCUT2D eigenvalue weighted by atomic mass is 35.5. The summed E-state index contributed by atoms with van der Waals surface area (Å²) in [4.78, 5) is 7.57. The standard InChI is InChI=1S/C22H34N2S.ClH/c1-15-16(2)18(4)21(19(5)17(15)3)14-25-22-23-12-9-13-24(22)20-10-7-6-8-11-20;/h20H,6-14H2,1-5H3;1H/p-1. The maximum atomic E-state index is 4.93. The van der Waals surface area contributed by atoms with Gasteiger partial charge in [-0.3, -0.25) is 4.99 Å². The zero-order valence-electron chi connectivity index (χ0n) is 17.1. The Balaban J connectivity index is 0.00000243. The summed E-state index contributed by atoms with van der Waals surface area (Å²) in [5.41, 5.74) is 8.88. The van der Waals surface area contributed by atoms with Gasteiger partial charge in [0, 0.05) is 24.9 Å². The van der Waals surface area contributed by atoms with Gasteiger partial charge in [0.2, 0.25) is 0 Å². The first-order chi connectivity index (χ1) is 12.0. The van der Waals surface area contributed by atoms with Gasteiger partial charge < -0.3 is 17.3 Å². The van der Waals surface area contributed by atoms with Crippen molar-refractivity contribution in [2.45, 2.75) is 84.9 Å². The minimum atomic E-state index is 0. The van der Waals surface area contributed by atoms with Crippen molar-refractivity contribution in [2.24, 2.45) is 4.99 Å². The molecule has 1 heterocycles. The molecule has 0 radical (unpaired) electrons. The van der Waals surface area contributed by atoms with E-state index in [1.54, 1.807) is 0 Å². The summed E-state index contributed by atoms with van der Waals surface area (Å²) in [6.07, 6.45) is 8.16. The number of benzene rings is 1. The van der Waals surface area contributed by atoms with Crippen molar-refractivity contribution in [1.82, 2.24) is 4.90 Å². The molecule has 0 bridgehead atoms. The van der Waals surface area contributed by atoms with Crippen LogP contribution < -0.4 is 12.4 Å². The smallest absolute Gasteiger partial charge is 0.159 e. The fourth-order valence-electron chi connectivity index (χ4n) is 4.39. The van der Waals surface area contributed by atoms with E-state index in [2.05, 4.69) is 39.5 Å². The average molecular weight is 394 g/mol. The van der Waals surface area contributed by atoms with Crippen molar-refractivity contribution in [3.63, 3.8) is 0 Å². The second kappa shape index (κ2) is 9.50. The van der Waals surface area contributed by atoms with E-state index < -0.39 is 0 Å². The molecule has 0 aromatic heterocycles. The molecular weight excluding hydrogens is 360 g/mol. The van der Waals surface area contributed by atoms with Gasteiger partial charge in [-0.15, -0.1) is 0 Å². The molecule has 0 unspecified atom stereocenters. The van der Waals surface area contributed by atoms with E-state index in [0.717, 1.165) is 18.3 Å². The van der Waals surface area contributed by atoms with Gasteiger partial charge in [0.15, 0.2) is 5.17 Å². The largest absolute Gasteiger partial charge is 1.00 e. The average Bonchev–Trinajstić information content (AvgIpc) is 2.66. The third-order valence-corrected chi connectivity index (χ3v) is 7.62. The van der Waals surface area contributed by atoms with Crippen LogP contribution in [0.15, 0.2) is 4.99 Å². The Bertz CT molecular complexity index is 634. The van der Waals surface area contributed by atoms with E-state index in [0.29, 0.717) is 0 Å². The molecule has 2 aliphatic rings. The lowest BCUT2D eigenvalue weighted by atomic mass is 9.90. The number of amidine groups is 1. The maximum Gasteiger partial charge on any atom is 0.159 e. The summed E-state index contributed by atoms with van der Waals surface area (Å²) in [7, 11) is 0. The number of nitrogens with zero attached hydrogens (tertiary/aromatic N) is 2. The molecule has 3 rings (SSSR count). The van der Waals surface area contributed by atoms with Crippen LogP contribution in [-0.2, 0) is 5.75 Å². The molecule has 1 fully saturated rings. The van der Waals surface area contributed by atoms with Gasteiger partial charge in [-0.1, -0.05) is 31.0 Å². The van der Waals surface area contributed by atoms with Gasteiger partial charge in [0.25, 0.3) is 0 Å². The molecule has 146 valence electrons. The number of aliphatic imine (C=N–C) groups is 1. The van der Waals surface area contributed by atoms with Crippen LogP contribution in [0.3, 0.4) is 0 Å². The van der Waals surface area contributed by atoms with Crippen molar-refractivity contribution >= 4 is 16.9 Å². The Morgan fingerprint density at radius 1 is 0.846 bits per heavy atom. The quantitative estimate of drug-likeness (QED) is 0.784. The van der Waals surface area contributed by atoms with Gasteiger partial charge in [-0.25, -0.2) is 0 Å². The summed E-state index contributed by atoms with van der Waals surface area (Å²) in [6, 6.07) is 0.740. The fraction of sp³-hybridized carbons (Fsp3) is 0.682. The van der Waals surface area contributed by atoms with Crippen molar-refractivity contribution < 1.29 is 12.4 Å². The third kappa shape index (κ3) is 4.42. The lowest BCUT2D eigenvalue weighted by Crippen LogP contribution is -3.00. The summed E-state index contributed by atoms with van der Waals surface area (Å²) >= 11 is 1.98. The lowest BCUT2D eigenvalue weighted by molar-refractivity contribution is -0.00000559. The summed E-state index contributed by atoms with van der Waals surface area (Å²) in [5.74, 6) is 1.06. The normalized spacial score (nSPS) is 18.5. The molecule has 4 heteroatoms. The van der Waals surface area contributed by atoms with Crippen molar-refractivity contribution in [1.29, 1.82) is 0 Å². The van der Waals surface area contributed by atoms with Crippen molar-refractivity contribution in [2.75, 3.05) is 13.1 Å². The maximum absolute atomic E-state index is 4.93. The molecule has 0 saturated heterocycles. The monoisotopic (exact) mass is 393 g/mol. The fourth-order valence-corrected chi connectivity index (χ4v) is 5.69. The van der Waals surface area contributed by atoms with Crippen LogP contribution in [0.25, 0.3) is 0 Å². The zero-order valence-corrected chi connectivity index (χ0v) is 18.7. The summed E-state index contributed by atoms with van der Waals surface area (Å²) in [5, 5.41) is 1.31. The first-order valence-corrected chi connectivity index (χ1v) is 11.0. The second-order valence-electron chi connectivity index (χ2n) is 7.90. The van der Waals surface area contributed by atoms with Crippen LogP contribution in [0, 0.1) is 34.6 Å². The Kier molecular flexibility index (Phi) is 7.90. The van der Waals surface area contributed by atoms with E-state index in [1.165, 1.54) is 83.6 Å². The highest BCUT2D eigenvalue weighted by Crippen LogP contribution is 2.32. The molecule has 0 amide bonds. The van der Waals surface area contributed by atoms with E-state index in [9.17, 15) is 0 Å². The molecule has 1 aromatic carbocycles. The van der Waals surface area contributed by atoms with Gasteiger partial charge >= 0.3 is 0 Å². The van der Waals surface area contributed by atoms with Crippen molar-refractivity contribution in [3.05, 3.63) is 33.4 Å². The predicted octanol–water partition coefficient (Wildman–Crippen LogP) is 2.86. The van der Waals surface area contributed by atoms with Crippen LogP contribution in [-0.4, -0.2) is 29.2 Å². The number of thioether (sulfide) groups is 1.